The van der Waals surface area contributed by atoms with E-state index < -0.39 is 0 Å². The van der Waals surface area contributed by atoms with E-state index in [-0.39, 0.29) is 49.1 Å². The van der Waals surface area contributed by atoms with Gasteiger partial charge in [0.05, 0.1) is 24.3 Å². The molecular weight excluding hydrogens is 386 g/mol. The van der Waals surface area contributed by atoms with Crippen LogP contribution < -0.4 is 15.0 Å². The van der Waals surface area contributed by atoms with Gasteiger partial charge < -0.3 is 15.0 Å². The highest BCUT2D eigenvalue weighted by Crippen LogP contribution is 2.25. The van der Waals surface area contributed by atoms with E-state index >= 15 is 0 Å². The van der Waals surface area contributed by atoms with E-state index in [0.29, 0.717) is 23.4 Å². The third-order valence-electron chi connectivity index (χ3n) is 5.31. The quantitative estimate of drug-likeness (QED) is 0.734. The summed E-state index contributed by atoms with van der Waals surface area (Å²) in [5.41, 5.74) is 1.46. The van der Waals surface area contributed by atoms with Gasteiger partial charge in [0.1, 0.15) is 5.75 Å². The van der Waals surface area contributed by atoms with Crippen LogP contribution >= 0.6 is 0 Å². The van der Waals surface area contributed by atoms with Crippen LogP contribution in [0.4, 0.5) is 5.69 Å². The maximum Gasteiger partial charge on any atom is 0.261 e. The summed E-state index contributed by atoms with van der Waals surface area (Å²) in [6, 6.07) is 13.4. The van der Waals surface area contributed by atoms with Crippen LogP contribution in [0.15, 0.2) is 48.5 Å². The molecule has 8 nitrogen and oxygen atoms in total. The number of benzene rings is 2. The molecule has 0 aliphatic carbocycles. The van der Waals surface area contributed by atoms with Crippen molar-refractivity contribution in [2.75, 3.05) is 25.1 Å². The Morgan fingerprint density at radius 3 is 2.27 bits per heavy atom. The van der Waals surface area contributed by atoms with Crippen LogP contribution in [0.3, 0.4) is 0 Å². The summed E-state index contributed by atoms with van der Waals surface area (Å²) in [5.74, 6) is -0.453. The molecule has 2 aromatic rings. The van der Waals surface area contributed by atoms with Crippen molar-refractivity contribution in [1.82, 2.24) is 10.2 Å². The summed E-state index contributed by atoms with van der Waals surface area (Å²) < 4.78 is 5.12. The van der Waals surface area contributed by atoms with Gasteiger partial charge in [0.2, 0.25) is 11.8 Å². The lowest BCUT2D eigenvalue weighted by atomic mass is 10.1. The van der Waals surface area contributed by atoms with Crippen LogP contribution in [-0.2, 0) is 9.59 Å². The molecule has 154 valence electrons. The number of imide groups is 1. The number of fused-ring (bicyclic) bond motifs is 1. The first kappa shape index (κ1) is 19.6. The monoisotopic (exact) mass is 407 g/mol. The van der Waals surface area contributed by atoms with Gasteiger partial charge in [-0.2, -0.15) is 0 Å². The Labute approximate surface area is 173 Å². The largest absolute Gasteiger partial charge is 0.497 e. The van der Waals surface area contributed by atoms with Crippen LogP contribution in [0.25, 0.3) is 0 Å². The van der Waals surface area contributed by atoms with E-state index in [1.807, 2.05) is 0 Å². The molecule has 0 radical (unpaired) electrons. The number of ether oxygens (including phenoxy) is 1. The Hall–Kier alpha value is -3.68. The van der Waals surface area contributed by atoms with Gasteiger partial charge >= 0.3 is 0 Å². The molecule has 0 spiro atoms. The predicted octanol–water partition coefficient (Wildman–Crippen LogP) is 1.60. The summed E-state index contributed by atoms with van der Waals surface area (Å²) in [4.78, 5) is 52.2. The molecule has 8 heteroatoms. The highest BCUT2D eigenvalue weighted by atomic mass is 16.5. The van der Waals surface area contributed by atoms with Crippen molar-refractivity contribution >= 4 is 29.3 Å². The zero-order valence-electron chi connectivity index (χ0n) is 16.5. The van der Waals surface area contributed by atoms with Gasteiger partial charge in [-0.05, 0) is 36.4 Å². The number of nitrogens with one attached hydrogen (secondary N) is 1. The first-order chi connectivity index (χ1) is 14.5. The highest BCUT2D eigenvalue weighted by Gasteiger charge is 2.36. The average molecular weight is 407 g/mol. The van der Waals surface area contributed by atoms with Crippen molar-refractivity contribution in [2.45, 2.75) is 18.9 Å². The van der Waals surface area contributed by atoms with Gasteiger partial charge in [-0.1, -0.05) is 12.1 Å². The minimum Gasteiger partial charge on any atom is -0.497 e. The first-order valence-electron chi connectivity index (χ1n) is 9.67. The Balaban J connectivity index is 1.31. The molecule has 4 amide bonds. The number of nitrogens with zero attached hydrogens (tertiary/aromatic N) is 2. The summed E-state index contributed by atoms with van der Waals surface area (Å²) in [7, 11) is 1.57. The lowest BCUT2D eigenvalue weighted by Crippen LogP contribution is -2.39. The normalized spacial score (nSPS) is 18.0. The topological polar surface area (TPSA) is 96.0 Å². The second kappa shape index (κ2) is 7.98. The summed E-state index contributed by atoms with van der Waals surface area (Å²) >= 11 is 0. The number of anilines is 1. The molecule has 1 N–H and O–H groups in total. The number of carbonyl (C=O) groups is 4. The molecule has 1 atom stereocenters. The molecule has 2 aliphatic heterocycles. The third kappa shape index (κ3) is 3.63. The summed E-state index contributed by atoms with van der Waals surface area (Å²) in [5, 5.41) is 2.83. The maximum atomic E-state index is 12.4. The fraction of sp³-hybridized carbons (Fsp3) is 0.273. The van der Waals surface area contributed by atoms with E-state index in [4.69, 9.17) is 4.74 Å². The Bertz CT molecular complexity index is 983. The fourth-order valence-corrected chi connectivity index (χ4v) is 3.77. The van der Waals surface area contributed by atoms with E-state index in [2.05, 4.69) is 5.32 Å². The van der Waals surface area contributed by atoms with Gasteiger partial charge in [-0.25, -0.2) is 0 Å². The Morgan fingerprint density at radius 2 is 1.67 bits per heavy atom. The number of carbonyl (C=O) groups excluding carboxylic acids is 4. The molecule has 1 saturated heterocycles. The lowest BCUT2D eigenvalue weighted by Gasteiger charge is -2.18. The molecule has 2 aromatic carbocycles. The van der Waals surface area contributed by atoms with Crippen LogP contribution in [-0.4, -0.2) is 54.8 Å². The molecular formula is C22H21N3O5. The van der Waals surface area contributed by atoms with E-state index in [1.165, 1.54) is 0 Å². The molecule has 0 saturated carbocycles. The van der Waals surface area contributed by atoms with E-state index in [9.17, 15) is 19.2 Å². The highest BCUT2D eigenvalue weighted by molar-refractivity contribution is 6.21. The molecule has 1 fully saturated rings. The Kier molecular flexibility index (Phi) is 5.22. The van der Waals surface area contributed by atoms with Crippen LogP contribution in [0, 0.1) is 0 Å². The van der Waals surface area contributed by atoms with E-state index in [1.54, 1.807) is 60.5 Å². The minimum absolute atomic E-state index is 0.00103. The zero-order valence-corrected chi connectivity index (χ0v) is 16.5. The standard InChI is InChI=1S/C22H21N3O5/c1-30-16-8-6-15(7-9-16)25-13-14(12-20(25)27)23-19(26)10-11-24-21(28)17-4-2-3-5-18(17)22(24)29/h2-9,14H,10-13H2,1H3,(H,23,26)/t14-/m0/s1. The number of hydrogen-bond acceptors (Lipinski definition) is 5. The van der Waals surface area contributed by atoms with Crippen molar-refractivity contribution in [3.8, 4) is 5.75 Å². The molecule has 0 unspecified atom stereocenters. The van der Waals surface area contributed by atoms with Crippen LogP contribution in [0.2, 0.25) is 0 Å². The first-order valence-corrected chi connectivity index (χ1v) is 9.67. The number of hydrogen-bond donors (Lipinski definition) is 1. The van der Waals surface area contributed by atoms with Crippen LogP contribution in [0.5, 0.6) is 5.75 Å². The third-order valence-corrected chi connectivity index (χ3v) is 5.31. The second-order valence-electron chi connectivity index (χ2n) is 7.23. The molecule has 0 aromatic heterocycles. The maximum absolute atomic E-state index is 12.4. The molecule has 4 rings (SSSR count). The SMILES string of the molecule is COc1ccc(N2C[C@@H](NC(=O)CCN3C(=O)c4ccccc4C3=O)CC2=O)cc1. The number of methoxy groups -OCH3 is 1. The van der Waals surface area contributed by atoms with Gasteiger partial charge in [-0.3, -0.25) is 24.1 Å². The lowest BCUT2D eigenvalue weighted by molar-refractivity contribution is -0.121. The second-order valence-corrected chi connectivity index (χ2v) is 7.23. The average Bonchev–Trinajstić information content (AvgIpc) is 3.24. The molecule has 2 aliphatic rings. The van der Waals surface area contributed by atoms with Gasteiger partial charge in [0.25, 0.3) is 11.8 Å². The minimum atomic E-state index is -0.384. The predicted molar refractivity (Wildman–Crippen MR) is 108 cm³/mol. The van der Waals surface area contributed by atoms with Crippen molar-refractivity contribution < 1.29 is 23.9 Å². The smallest absolute Gasteiger partial charge is 0.261 e. The van der Waals surface area contributed by atoms with Gasteiger partial charge in [0, 0.05) is 31.6 Å². The van der Waals surface area contributed by atoms with Gasteiger partial charge in [0.15, 0.2) is 0 Å². The van der Waals surface area contributed by atoms with Gasteiger partial charge in [-0.15, -0.1) is 0 Å². The van der Waals surface area contributed by atoms with Crippen molar-refractivity contribution in [3.63, 3.8) is 0 Å². The summed E-state index contributed by atoms with van der Waals surface area (Å²) in [6.07, 6.45) is 0.184. The zero-order chi connectivity index (χ0) is 21.3. The number of rotatable bonds is 6. The Morgan fingerprint density at radius 1 is 1.03 bits per heavy atom. The molecule has 30 heavy (non-hydrogen) atoms. The van der Waals surface area contributed by atoms with Crippen LogP contribution in [0.1, 0.15) is 33.6 Å². The molecule has 0 bridgehead atoms. The fourth-order valence-electron chi connectivity index (χ4n) is 3.77. The van der Waals surface area contributed by atoms with Crippen molar-refractivity contribution in [3.05, 3.63) is 59.7 Å². The van der Waals surface area contributed by atoms with E-state index in [0.717, 1.165) is 10.6 Å². The molecule has 2 heterocycles. The number of amides is 4. The van der Waals surface area contributed by atoms with Crippen molar-refractivity contribution in [1.29, 1.82) is 0 Å². The summed E-state index contributed by atoms with van der Waals surface area (Å²) in [6.45, 7) is 0.366. The van der Waals surface area contributed by atoms with Crippen molar-refractivity contribution in [2.24, 2.45) is 0 Å².